The zero-order chi connectivity index (χ0) is 51.5. The summed E-state index contributed by atoms with van der Waals surface area (Å²) in [6.45, 7) is 6.60. The van der Waals surface area contributed by atoms with E-state index in [1.54, 1.807) is 13.8 Å². The number of primary amides is 3. The van der Waals surface area contributed by atoms with E-state index in [-0.39, 0.29) is 87.3 Å². The Balaban J connectivity index is -0.00000240. The molecule has 2 fully saturated rings. The molecule has 0 aromatic heterocycles. The number of phenolic OH excluding ortho intramolecular Hbond substituents is 1. The van der Waals surface area contributed by atoms with Crippen LogP contribution in [0.1, 0.15) is 78.2 Å². The van der Waals surface area contributed by atoms with E-state index in [0.717, 1.165) is 21.6 Å². The molecule has 9 atom stereocenters. The van der Waals surface area contributed by atoms with Crippen molar-refractivity contribution in [1.29, 1.82) is 0 Å². The lowest BCUT2D eigenvalue weighted by Gasteiger charge is -2.31. The largest absolute Gasteiger partial charge is 0.508 e. The summed E-state index contributed by atoms with van der Waals surface area (Å²) >= 11 is 0. The van der Waals surface area contributed by atoms with Gasteiger partial charge in [-0.15, -0.1) is 0 Å². The molecule has 438 valence electrons. The molecular formula is C43H80N12O19S2. The molecule has 0 unspecified atom stereocenters. The summed E-state index contributed by atoms with van der Waals surface area (Å²) in [5.74, 6) is -10.4. The average molecular weight is 1130 g/mol. The quantitative estimate of drug-likeness (QED) is 0.0645. The number of nitrogens with zero attached hydrogens (tertiary/aromatic N) is 1. The van der Waals surface area contributed by atoms with Crippen LogP contribution in [-0.2, 0) is 59.2 Å². The van der Waals surface area contributed by atoms with E-state index in [4.69, 9.17) is 22.9 Å². The topological polar surface area (TPSA) is 620 Å². The predicted molar refractivity (Wildman–Crippen MR) is 280 cm³/mol. The SMILES string of the molecule is CC[C@H](C)[C@@H]1NC(=O)[C@H](Cc2ccc(O)cc2)NC(=O)[C@@H](N)CSSC[C@@H](C(=O)N2CCC[C@H]2C(=O)N[C@@H](CC(C)C)C(=O)NCC(N)=O)NC(=O)[C@H](CC(N)=O)NC(=O)[C@H](CCC(N)=O)NC1=O.O.O.O.O.O.O.O. The number of rotatable bonds is 17. The molecule has 11 amide bonds. The second kappa shape index (κ2) is 38.2. The van der Waals surface area contributed by atoms with Crippen LogP contribution in [0.3, 0.4) is 0 Å². The molecule has 33 heteroatoms. The van der Waals surface area contributed by atoms with Crippen molar-refractivity contribution in [2.75, 3.05) is 24.6 Å². The van der Waals surface area contributed by atoms with Crippen molar-refractivity contribution >= 4 is 86.6 Å². The highest BCUT2D eigenvalue weighted by Gasteiger charge is 2.41. The third-order valence-corrected chi connectivity index (χ3v) is 13.7. The molecule has 0 bridgehead atoms. The van der Waals surface area contributed by atoms with Gasteiger partial charge in [0.05, 0.1) is 19.0 Å². The van der Waals surface area contributed by atoms with Crippen LogP contribution >= 0.6 is 21.6 Å². The van der Waals surface area contributed by atoms with Crippen molar-refractivity contribution in [3.05, 3.63) is 29.8 Å². The summed E-state index contributed by atoms with van der Waals surface area (Å²) in [6, 6.07) is -5.05. The molecule has 2 saturated heterocycles. The number of phenols is 1. The van der Waals surface area contributed by atoms with E-state index in [0.29, 0.717) is 18.4 Å². The Labute approximate surface area is 445 Å². The number of nitrogens with two attached hydrogens (primary N) is 4. The molecule has 1 aromatic carbocycles. The van der Waals surface area contributed by atoms with Crippen molar-refractivity contribution in [2.45, 2.75) is 127 Å². The number of likely N-dealkylation sites (tertiary alicyclic amines) is 1. The lowest BCUT2D eigenvalue weighted by atomic mass is 9.96. The summed E-state index contributed by atoms with van der Waals surface area (Å²) < 4.78 is 0. The van der Waals surface area contributed by atoms with Gasteiger partial charge in [-0.05, 0) is 55.2 Å². The average Bonchev–Trinajstić information content (AvgIpc) is 3.78. The van der Waals surface area contributed by atoms with E-state index in [1.807, 2.05) is 13.8 Å². The van der Waals surface area contributed by atoms with Gasteiger partial charge in [0.1, 0.15) is 48.0 Å². The maximum Gasteiger partial charge on any atom is 0.246 e. The number of nitrogens with one attached hydrogen (secondary N) is 7. The van der Waals surface area contributed by atoms with Gasteiger partial charge < -0.3 is 108 Å². The first-order valence-corrected chi connectivity index (χ1v) is 25.0. The molecule has 2 aliphatic heterocycles. The van der Waals surface area contributed by atoms with Crippen LogP contribution in [0.15, 0.2) is 24.3 Å². The standard InChI is InChI=1S/C43H66N12O12S2.7H2O/c1-5-22(4)35-42(66)49-26(12-13-32(45)57)38(62)51-29(17-33(46)58)39(63)53-30(20-69-68-19-25(44)36(60)50-28(40(64)54-35)16-23-8-10-24(56)11-9-23)43(67)55-14-6-7-31(55)41(65)52-27(15-21(2)3)37(61)48-18-34(47)59;;;;;;;/h8-11,21-22,25-31,35,56H,5-7,12-20,44H2,1-4H3,(H2,45,57)(H2,46,58)(H2,47,59)(H,48,61)(H,49,66)(H,50,60)(H,51,62)(H,52,65)(H,53,63)(H,54,64);7*1H2/t22-,25-,26-,27-,28-,29-,30-,31-,35-;;;;;;;/m0......./s1. The minimum atomic E-state index is -1.75. The highest BCUT2D eigenvalue weighted by Crippen LogP contribution is 2.26. The van der Waals surface area contributed by atoms with Crippen LogP contribution in [0.25, 0.3) is 0 Å². The van der Waals surface area contributed by atoms with Gasteiger partial charge in [0.15, 0.2) is 0 Å². The molecule has 0 aliphatic carbocycles. The molecule has 76 heavy (non-hydrogen) atoms. The first kappa shape index (κ1) is 78.5. The maximum atomic E-state index is 14.5. The van der Waals surface area contributed by atoms with Gasteiger partial charge in [-0.2, -0.15) is 0 Å². The van der Waals surface area contributed by atoms with Gasteiger partial charge in [-0.25, -0.2) is 0 Å². The van der Waals surface area contributed by atoms with E-state index in [1.165, 1.54) is 29.2 Å². The first-order valence-electron chi connectivity index (χ1n) is 22.5. The second-order valence-corrected chi connectivity index (χ2v) is 20.0. The van der Waals surface area contributed by atoms with Crippen molar-refractivity contribution in [3.63, 3.8) is 0 Å². The number of aromatic hydroxyl groups is 1. The van der Waals surface area contributed by atoms with Crippen LogP contribution in [-0.4, -0.2) is 186 Å². The summed E-state index contributed by atoms with van der Waals surface area (Å²) in [5.41, 5.74) is 22.9. The molecule has 30 N–H and O–H groups in total. The normalized spacial score (nSPS) is 22.1. The predicted octanol–water partition coefficient (Wildman–Crippen LogP) is -9.38. The number of amides is 11. The molecule has 31 nitrogen and oxygen atoms in total. The minimum absolute atomic E-state index is 0. The van der Waals surface area contributed by atoms with E-state index in [2.05, 4.69) is 37.2 Å². The van der Waals surface area contributed by atoms with Crippen LogP contribution in [0.4, 0.5) is 0 Å². The molecule has 3 rings (SSSR count). The second-order valence-electron chi connectivity index (χ2n) is 17.4. The first-order chi connectivity index (χ1) is 32.5. The highest BCUT2D eigenvalue weighted by molar-refractivity contribution is 8.76. The van der Waals surface area contributed by atoms with Gasteiger partial charge >= 0.3 is 0 Å². The van der Waals surface area contributed by atoms with Gasteiger partial charge in [-0.3, -0.25) is 52.7 Å². The molecule has 1 aromatic rings. The fourth-order valence-corrected chi connectivity index (χ4v) is 9.62. The Morgan fingerprint density at radius 3 is 1.83 bits per heavy atom. The number of hydrogen-bond donors (Lipinski definition) is 12. The Kier molecular flexibility index (Phi) is 39.4. The Morgan fingerprint density at radius 1 is 0.724 bits per heavy atom. The Morgan fingerprint density at radius 2 is 1.28 bits per heavy atom. The molecule has 0 saturated carbocycles. The summed E-state index contributed by atoms with van der Waals surface area (Å²) in [7, 11) is 2.05. The molecule has 0 spiro atoms. The lowest BCUT2D eigenvalue weighted by molar-refractivity contribution is -0.142. The van der Waals surface area contributed by atoms with Gasteiger partial charge in [0, 0.05) is 30.9 Å². The number of hydrogen-bond acceptors (Lipinski definition) is 15. The van der Waals surface area contributed by atoms with Crippen LogP contribution in [0.2, 0.25) is 0 Å². The van der Waals surface area contributed by atoms with E-state index in [9.17, 15) is 57.8 Å². The van der Waals surface area contributed by atoms with Crippen molar-refractivity contribution < 1.29 is 96.2 Å². The third-order valence-electron chi connectivity index (χ3n) is 11.3. The number of carbonyl (C=O) groups is 11. The summed E-state index contributed by atoms with van der Waals surface area (Å²) in [4.78, 5) is 148. The smallest absolute Gasteiger partial charge is 0.246 e. The highest BCUT2D eigenvalue weighted by atomic mass is 33.1. The van der Waals surface area contributed by atoms with Crippen molar-refractivity contribution in [1.82, 2.24) is 42.1 Å². The molecule has 2 heterocycles. The Bertz CT molecular complexity index is 2060. The van der Waals surface area contributed by atoms with Gasteiger partial charge in [0.2, 0.25) is 65.0 Å². The maximum absolute atomic E-state index is 14.5. The van der Waals surface area contributed by atoms with E-state index >= 15 is 0 Å². The minimum Gasteiger partial charge on any atom is -0.508 e. The molecule has 0 radical (unpaired) electrons. The fraction of sp³-hybridized carbons (Fsp3) is 0.605. The molecular weight excluding hydrogens is 1050 g/mol. The van der Waals surface area contributed by atoms with Crippen molar-refractivity contribution in [3.8, 4) is 5.75 Å². The number of carbonyl (C=O) groups excluding carboxylic acids is 11. The molecule has 2 aliphatic rings. The number of benzene rings is 1. The zero-order valence-electron chi connectivity index (χ0n) is 42.6. The van der Waals surface area contributed by atoms with Crippen LogP contribution in [0, 0.1) is 11.8 Å². The lowest BCUT2D eigenvalue weighted by Crippen LogP contribution is -2.61. The van der Waals surface area contributed by atoms with Crippen LogP contribution < -0.4 is 60.2 Å². The fourth-order valence-electron chi connectivity index (χ4n) is 7.34. The van der Waals surface area contributed by atoms with Gasteiger partial charge in [0.25, 0.3) is 0 Å². The van der Waals surface area contributed by atoms with Crippen molar-refractivity contribution in [2.24, 2.45) is 34.8 Å². The zero-order valence-corrected chi connectivity index (χ0v) is 44.2. The van der Waals surface area contributed by atoms with Crippen LogP contribution in [0.5, 0.6) is 5.75 Å². The van der Waals surface area contributed by atoms with Gasteiger partial charge in [-0.1, -0.05) is 67.8 Å². The summed E-state index contributed by atoms with van der Waals surface area (Å²) in [6.07, 6.45) is -0.694. The van der Waals surface area contributed by atoms with E-state index < -0.39 is 145 Å². The Hall–Kier alpha value is -6.43. The monoisotopic (exact) mass is 1130 g/mol. The third kappa shape index (κ3) is 25.4. The summed E-state index contributed by atoms with van der Waals surface area (Å²) in [5, 5.41) is 27.7.